The van der Waals surface area contributed by atoms with E-state index in [4.69, 9.17) is 10.8 Å². The smallest absolute Gasteiger partial charge is 0.335 e. The van der Waals surface area contributed by atoms with Crippen LogP contribution in [0.15, 0.2) is 24.3 Å². The highest BCUT2D eigenvalue weighted by Crippen LogP contribution is 2.26. The molecule has 0 saturated carbocycles. The highest BCUT2D eigenvalue weighted by atomic mass is 32.1. The van der Waals surface area contributed by atoms with Crippen molar-refractivity contribution in [1.29, 1.82) is 0 Å². The number of hydrogen-bond acceptors (Lipinski definition) is 3. The van der Waals surface area contributed by atoms with Gasteiger partial charge < -0.3 is 10.8 Å². The van der Waals surface area contributed by atoms with Gasteiger partial charge in [0.15, 0.2) is 0 Å². The second-order valence-electron chi connectivity index (χ2n) is 2.97. The number of fused-ring (bicyclic) bond motifs is 1. The van der Waals surface area contributed by atoms with Gasteiger partial charge in [0.05, 0.1) is 5.56 Å². The van der Waals surface area contributed by atoms with Crippen molar-refractivity contribution < 1.29 is 9.90 Å². The minimum Gasteiger partial charge on any atom is -0.478 e. The Bertz CT molecular complexity index is 490. The summed E-state index contributed by atoms with van der Waals surface area (Å²) in [6.07, 6.45) is 0. The number of nitrogens with two attached hydrogens (primary N) is 1. The van der Waals surface area contributed by atoms with Gasteiger partial charge in [-0.15, -0.1) is 11.3 Å². The Hall–Kier alpha value is -1.39. The molecule has 0 amide bonds. The van der Waals surface area contributed by atoms with Crippen molar-refractivity contribution in [2.75, 3.05) is 0 Å². The number of carbonyl (C=O) groups is 1. The first kappa shape index (κ1) is 9.18. The maximum absolute atomic E-state index is 10.7. The zero-order chi connectivity index (χ0) is 10.1. The predicted octanol–water partition coefficient (Wildman–Crippen LogP) is 2.06. The molecule has 1 heterocycles. The molecule has 0 spiro atoms. The number of carboxylic acids is 1. The molecule has 0 unspecified atom stereocenters. The summed E-state index contributed by atoms with van der Waals surface area (Å²) in [5.41, 5.74) is 5.83. The lowest BCUT2D eigenvalue weighted by Crippen LogP contribution is -1.94. The molecule has 3 N–H and O–H groups in total. The van der Waals surface area contributed by atoms with E-state index in [9.17, 15) is 4.79 Å². The summed E-state index contributed by atoms with van der Waals surface area (Å²) in [4.78, 5) is 11.8. The van der Waals surface area contributed by atoms with Crippen LogP contribution in [0.5, 0.6) is 0 Å². The van der Waals surface area contributed by atoms with E-state index in [0.29, 0.717) is 12.1 Å². The zero-order valence-corrected chi connectivity index (χ0v) is 8.17. The monoisotopic (exact) mass is 207 g/mol. The van der Waals surface area contributed by atoms with Crippen LogP contribution >= 0.6 is 11.3 Å². The third-order valence-electron chi connectivity index (χ3n) is 2.02. The van der Waals surface area contributed by atoms with E-state index in [2.05, 4.69) is 0 Å². The summed E-state index contributed by atoms with van der Waals surface area (Å²) in [6.45, 7) is 0.502. The van der Waals surface area contributed by atoms with Gasteiger partial charge in [-0.1, -0.05) is 6.07 Å². The van der Waals surface area contributed by atoms with Crippen molar-refractivity contribution in [2.45, 2.75) is 6.54 Å². The van der Waals surface area contributed by atoms with E-state index in [1.165, 1.54) is 0 Å². The van der Waals surface area contributed by atoms with Crippen LogP contribution in [0.1, 0.15) is 15.2 Å². The van der Waals surface area contributed by atoms with Crippen LogP contribution in [0.4, 0.5) is 0 Å². The third kappa shape index (κ3) is 1.49. The maximum Gasteiger partial charge on any atom is 0.335 e. The fourth-order valence-corrected chi connectivity index (χ4v) is 2.30. The first-order chi connectivity index (χ1) is 6.70. The quantitative estimate of drug-likeness (QED) is 0.792. The van der Waals surface area contributed by atoms with Crippen molar-refractivity contribution in [3.05, 3.63) is 34.7 Å². The molecule has 0 atom stereocenters. The minimum absolute atomic E-state index is 0.322. The summed E-state index contributed by atoms with van der Waals surface area (Å²) in [5, 5.41) is 9.84. The summed E-state index contributed by atoms with van der Waals surface area (Å²) in [5.74, 6) is -0.894. The number of aromatic carboxylic acids is 1. The molecule has 2 rings (SSSR count). The van der Waals surface area contributed by atoms with Gasteiger partial charge in [-0.25, -0.2) is 4.79 Å². The highest BCUT2D eigenvalue weighted by Gasteiger charge is 2.05. The van der Waals surface area contributed by atoms with E-state index < -0.39 is 5.97 Å². The number of rotatable bonds is 2. The van der Waals surface area contributed by atoms with E-state index in [1.54, 1.807) is 23.5 Å². The van der Waals surface area contributed by atoms with Gasteiger partial charge >= 0.3 is 5.97 Å². The molecular weight excluding hydrogens is 198 g/mol. The van der Waals surface area contributed by atoms with Crippen molar-refractivity contribution >= 4 is 27.4 Å². The Morgan fingerprint density at radius 2 is 2.21 bits per heavy atom. The molecule has 72 valence electrons. The molecule has 1 aromatic heterocycles. The highest BCUT2D eigenvalue weighted by molar-refractivity contribution is 7.19. The summed E-state index contributed by atoms with van der Waals surface area (Å²) in [7, 11) is 0. The number of carboxylic acid groups (broad SMARTS) is 1. The summed E-state index contributed by atoms with van der Waals surface area (Å²) in [6, 6.07) is 7.10. The van der Waals surface area contributed by atoms with Crippen molar-refractivity contribution in [1.82, 2.24) is 0 Å². The second-order valence-corrected chi connectivity index (χ2v) is 4.14. The molecule has 3 nitrogen and oxygen atoms in total. The SMILES string of the molecule is NCc1cc2ccc(C(=O)O)cc2s1. The Morgan fingerprint density at radius 3 is 2.86 bits per heavy atom. The first-order valence-corrected chi connectivity index (χ1v) is 4.98. The average Bonchev–Trinajstić information content (AvgIpc) is 2.58. The minimum atomic E-state index is -0.894. The van der Waals surface area contributed by atoms with Crippen molar-refractivity contribution in [2.24, 2.45) is 5.73 Å². The van der Waals surface area contributed by atoms with Gasteiger partial charge in [0.2, 0.25) is 0 Å². The van der Waals surface area contributed by atoms with Gasteiger partial charge in [0.25, 0.3) is 0 Å². The predicted molar refractivity (Wildman–Crippen MR) is 56.7 cm³/mol. The topological polar surface area (TPSA) is 63.3 Å². The van der Waals surface area contributed by atoms with Crippen LogP contribution in [-0.4, -0.2) is 11.1 Å². The molecule has 0 bridgehead atoms. The zero-order valence-electron chi connectivity index (χ0n) is 7.36. The van der Waals surface area contributed by atoms with Gasteiger partial charge in [-0.2, -0.15) is 0 Å². The first-order valence-electron chi connectivity index (χ1n) is 4.16. The van der Waals surface area contributed by atoms with Crippen molar-refractivity contribution in [3.8, 4) is 0 Å². The maximum atomic E-state index is 10.7. The molecular formula is C10H9NO2S. The lowest BCUT2D eigenvalue weighted by Gasteiger charge is -1.92. The molecule has 0 aliphatic carbocycles. The van der Waals surface area contributed by atoms with Crippen molar-refractivity contribution in [3.63, 3.8) is 0 Å². The molecule has 0 aliphatic rings. The molecule has 0 saturated heterocycles. The molecule has 0 fully saturated rings. The van der Waals surface area contributed by atoms with Gasteiger partial charge in [0.1, 0.15) is 0 Å². The van der Waals surface area contributed by atoms with E-state index in [-0.39, 0.29) is 0 Å². The van der Waals surface area contributed by atoms with Crippen LogP contribution < -0.4 is 5.73 Å². The Kier molecular flexibility index (Phi) is 2.23. The van der Waals surface area contributed by atoms with E-state index in [0.717, 1.165) is 15.0 Å². The number of benzene rings is 1. The lowest BCUT2D eigenvalue weighted by atomic mass is 10.2. The standard InChI is InChI=1S/C10H9NO2S/c11-5-8-3-6-1-2-7(10(12)13)4-9(6)14-8/h1-4H,5,11H2,(H,12,13). The van der Waals surface area contributed by atoms with E-state index in [1.807, 2.05) is 12.1 Å². The lowest BCUT2D eigenvalue weighted by molar-refractivity contribution is 0.0697. The fraction of sp³-hybridized carbons (Fsp3) is 0.100. The van der Waals surface area contributed by atoms with Gasteiger partial charge in [0, 0.05) is 16.1 Å². The fourth-order valence-electron chi connectivity index (χ4n) is 1.32. The van der Waals surface area contributed by atoms with Crippen LogP contribution in [0, 0.1) is 0 Å². The second kappa shape index (κ2) is 3.40. The van der Waals surface area contributed by atoms with Crippen LogP contribution in [-0.2, 0) is 6.54 Å². The van der Waals surface area contributed by atoms with Crippen LogP contribution in [0.2, 0.25) is 0 Å². The Labute approximate surface area is 84.8 Å². The number of thiophene rings is 1. The molecule has 2 aromatic rings. The average molecular weight is 207 g/mol. The van der Waals surface area contributed by atoms with Crippen LogP contribution in [0.3, 0.4) is 0 Å². The molecule has 4 heteroatoms. The van der Waals surface area contributed by atoms with Crippen LogP contribution in [0.25, 0.3) is 10.1 Å². The Balaban J connectivity index is 2.59. The molecule has 14 heavy (non-hydrogen) atoms. The van der Waals surface area contributed by atoms with Gasteiger partial charge in [-0.3, -0.25) is 0 Å². The summed E-state index contributed by atoms with van der Waals surface area (Å²) >= 11 is 1.54. The van der Waals surface area contributed by atoms with E-state index >= 15 is 0 Å². The third-order valence-corrected chi connectivity index (χ3v) is 3.14. The largest absolute Gasteiger partial charge is 0.478 e. The normalized spacial score (nSPS) is 10.6. The molecule has 0 radical (unpaired) electrons. The molecule has 1 aromatic carbocycles. The molecule has 0 aliphatic heterocycles. The van der Waals surface area contributed by atoms with Gasteiger partial charge in [-0.05, 0) is 23.6 Å². The summed E-state index contributed by atoms with van der Waals surface area (Å²) < 4.78 is 0.977. The number of hydrogen-bond donors (Lipinski definition) is 2. The Morgan fingerprint density at radius 1 is 1.43 bits per heavy atom.